The van der Waals surface area contributed by atoms with Gasteiger partial charge in [-0.2, -0.15) is 0 Å². The molecule has 0 spiro atoms. The number of ether oxygens (including phenoxy) is 2. The van der Waals surface area contributed by atoms with Crippen LogP contribution in [0.1, 0.15) is 26.7 Å². The van der Waals surface area contributed by atoms with E-state index >= 15 is 0 Å². The quantitative estimate of drug-likeness (QED) is 0.590. The van der Waals surface area contributed by atoms with Gasteiger partial charge in [-0.25, -0.2) is 0 Å². The summed E-state index contributed by atoms with van der Waals surface area (Å²) in [6.45, 7) is 5.03. The van der Waals surface area contributed by atoms with E-state index in [-0.39, 0.29) is 18.6 Å². The van der Waals surface area contributed by atoms with Crippen molar-refractivity contribution in [2.24, 2.45) is 5.92 Å². The van der Waals surface area contributed by atoms with Crippen LogP contribution in [0.4, 0.5) is 0 Å². The van der Waals surface area contributed by atoms with E-state index in [0.717, 1.165) is 12.8 Å². The fraction of sp³-hybridized carbons (Fsp3) is 0.917. The van der Waals surface area contributed by atoms with E-state index in [1.54, 1.807) is 7.11 Å². The lowest BCUT2D eigenvalue weighted by Gasteiger charge is -2.32. The van der Waals surface area contributed by atoms with E-state index in [1.165, 1.54) is 0 Å². The van der Waals surface area contributed by atoms with E-state index in [1.807, 2.05) is 13.8 Å². The van der Waals surface area contributed by atoms with Crippen LogP contribution >= 0.6 is 0 Å². The molecule has 17 heavy (non-hydrogen) atoms. The van der Waals surface area contributed by atoms with E-state index in [0.29, 0.717) is 13.2 Å². The van der Waals surface area contributed by atoms with Gasteiger partial charge < -0.3 is 14.6 Å². The third kappa shape index (κ3) is 3.94. The largest absolute Gasteiger partial charge is 0.480 e. The summed E-state index contributed by atoms with van der Waals surface area (Å²) in [6, 6.07) is 0.123. The van der Waals surface area contributed by atoms with Crippen LogP contribution in [0.15, 0.2) is 0 Å². The van der Waals surface area contributed by atoms with E-state index in [9.17, 15) is 9.90 Å². The van der Waals surface area contributed by atoms with Crippen molar-refractivity contribution in [2.45, 2.75) is 38.3 Å². The zero-order valence-electron chi connectivity index (χ0n) is 10.9. The molecule has 2 N–H and O–H groups in total. The van der Waals surface area contributed by atoms with Gasteiger partial charge in [-0.1, -0.05) is 0 Å². The SMILES string of the molecule is COCCOCC(NC(C)C)(C(=O)O)C1CC1. The zero-order chi connectivity index (χ0) is 12.9. The Kier molecular flexibility index (Phi) is 5.36. The summed E-state index contributed by atoms with van der Waals surface area (Å²) in [6.07, 6.45) is 1.92. The van der Waals surface area contributed by atoms with Gasteiger partial charge in [0.1, 0.15) is 5.54 Å². The predicted molar refractivity (Wildman–Crippen MR) is 64.1 cm³/mol. The smallest absolute Gasteiger partial charge is 0.326 e. The molecule has 1 aliphatic carbocycles. The van der Waals surface area contributed by atoms with Gasteiger partial charge in [0.05, 0.1) is 19.8 Å². The minimum absolute atomic E-state index is 0.123. The van der Waals surface area contributed by atoms with Gasteiger partial charge in [0.2, 0.25) is 0 Å². The van der Waals surface area contributed by atoms with Crippen LogP contribution in [-0.2, 0) is 14.3 Å². The molecule has 0 aliphatic heterocycles. The molecule has 0 aromatic rings. The maximum atomic E-state index is 11.5. The second kappa shape index (κ2) is 6.33. The number of nitrogens with one attached hydrogen (secondary N) is 1. The molecule has 5 nitrogen and oxygen atoms in total. The third-order valence-electron chi connectivity index (χ3n) is 2.96. The summed E-state index contributed by atoms with van der Waals surface area (Å²) in [5, 5.41) is 12.6. The van der Waals surface area contributed by atoms with Crippen LogP contribution in [0.3, 0.4) is 0 Å². The van der Waals surface area contributed by atoms with Gasteiger partial charge in [-0.15, -0.1) is 0 Å². The van der Waals surface area contributed by atoms with Gasteiger partial charge in [0.25, 0.3) is 0 Å². The van der Waals surface area contributed by atoms with Crippen LogP contribution in [0, 0.1) is 5.92 Å². The molecule has 1 fully saturated rings. The van der Waals surface area contributed by atoms with Crippen molar-refractivity contribution in [2.75, 3.05) is 26.9 Å². The van der Waals surface area contributed by atoms with E-state index < -0.39 is 11.5 Å². The number of rotatable bonds is 9. The summed E-state index contributed by atoms with van der Waals surface area (Å²) < 4.78 is 10.3. The van der Waals surface area contributed by atoms with Gasteiger partial charge in [0, 0.05) is 13.2 Å². The Morgan fingerprint density at radius 2 is 2.12 bits per heavy atom. The van der Waals surface area contributed by atoms with E-state index in [2.05, 4.69) is 5.32 Å². The molecule has 0 heterocycles. The molecule has 0 bridgehead atoms. The first kappa shape index (κ1) is 14.4. The summed E-state index contributed by atoms with van der Waals surface area (Å²) in [5.41, 5.74) is -0.929. The molecule has 0 saturated heterocycles. The number of carboxylic acids is 1. The molecular formula is C12H23NO4. The maximum Gasteiger partial charge on any atom is 0.326 e. The number of hydrogen-bond donors (Lipinski definition) is 2. The summed E-state index contributed by atoms with van der Waals surface area (Å²) in [5.74, 6) is -0.629. The molecule has 1 atom stereocenters. The molecule has 0 aromatic carbocycles. The van der Waals surface area contributed by atoms with Crippen LogP contribution in [0.5, 0.6) is 0 Å². The highest BCUT2D eigenvalue weighted by molar-refractivity contribution is 5.80. The number of carbonyl (C=O) groups is 1. The Balaban J connectivity index is 2.59. The van der Waals surface area contributed by atoms with Crippen molar-refractivity contribution in [3.8, 4) is 0 Å². The minimum atomic E-state index is -0.929. The number of aliphatic carboxylic acids is 1. The summed E-state index contributed by atoms with van der Waals surface area (Å²) in [7, 11) is 1.60. The van der Waals surface area contributed by atoms with Crippen LogP contribution in [0.25, 0.3) is 0 Å². The highest BCUT2D eigenvalue weighted by Crippen LogP contribution is 2.40. The first-order valence-corrected chi connectivity index (χ1v) is 6.10. The van der Waals surface area contributed by atoms with Crippen LogP contribution in [-0.4, -0.2) is 49.6 Å². The third-order valence-corrected chi connectivity index (χ3v) is 2.96. The normalized spacial score (nSPS) is 19.3. The van der Waals surface area contributed by atoms with Gasteiger partial charge >= 0.3 is 5.97 Å². The van der Waals surface area contributed by atoms with Crippen molar-refractivity contribution in [1.29, 1.82) is 0 Å². The molecule has 1 rings (SSSR count). The highest BCUT2D eigenvalue weighted by atomic mass is 16.5. The van der Waals surface area contributed by atoms with Crippen molar-refractivity contribution < 1.29 is 19.4 Å². The average molecular weight is 245 g/mol. The summed E-state index contributed by atoms with van der Waals surface area (Å²) >= 11 is 0. The maximum absolute atomic E-state index is 11.5. The standard InChI is InChI=1S/C12H23NO4/c1-9(2)13-12(11(14)15,10-4-5-10)8-17-7-6-16-3/h9-10,13H,4-8H2,1-3H3,(H,14,15). The Bertz CT molecular complexity index is 253. The van der Waals surface area contributed by atoms with Crippen molar-refractivity contribution in [3.63, 3.8) is 0 Å². The molecular weight excluding hydrogens is 222 g/mol. The molecule has 1 saturated carbocycles. The fourth-order valence-corrected chi connectivity index (χ4v) is 2.04. The Morgan fingerprint density at radius 3 is 2.53 bits per heavy atom. The Morgan fingerprint density at radius 1 is 1.47 bits per heavy atom. The molecule has 0 amide bonds. The second-order valence-electron chi connectivity index (χ2n) is 4.90. The van der Waals surface area contributed by atoms with Gasteiger partial charge in [0.15, 0.2) is 0 Å². The van der Waals surface area contributed by atoms with Crippen LogP contribution < -0.4 is 5.32 Å². The molecule has 1 aliphatic rings. The summed E-state index contributed by atoms with van der Waals surface area (Å²) in [4.78, 5) is 11.5. The van der Waals surface area contributed by atoms with Gasteiger partial charge in [-0.05, 0) is 32.6 Å². The molecule has 0 aromatic heterocycles. The van der Waals surface area contributed by atoms with E-state index in [4.69, 9.17) is 9.47 Å². The monoisotopic (exact) mass is 245 g/mol. The first-order valence-electron chi connectivity index (χ1n) is 6.10. The molecule has 5 heteroatoms. The van der Waals surface area contributed by atoms with Crippen molar-refractivity contribution >= 4 is 5.97 Å². The molecule has 0 radical (unpaired) electrons. The number of carboxylic acid groups (broad SMARTS) is 1. The lowest BCUT2D eigenvalue weighted by Crippen LogP contribution is -2.59. The molecule has 100 valence electrons. The predicted octanol–water partition coefficient (Wildman–Crippen LogP) is 0.881. The average Bonchev–Trinajstić information content (AvgIpc) is 3.05. The van der Waals surface area contributed by atoms with Crippen molar-refractivity contribution in [1.82, 2.24) is 5.32 Å². The van der Waals surface area contributed by atoms with Crippen LogP contribution in [0.2, 0.25) is 0 Å². The topological polar surface area (TPSA) is 67.8 Å². The lowest BCUT2D eigenvalue weighted by atomic mass is 9.93. The Hall–Kier alpha value is -0.650. The second-order valence-corrected chi connectivity index (χ2v) is 4.90. The Labute approximate surface area is 102 Å². The fourth-order valence-electron chi connectivity index (χ4n) is 2.04. The zero-order valence-corrected chi connectivity index (χ0v) is 10.9. The van der Waals surface area contributed by atoms with Crippen molar-refractivity contribution in [3.05, 3.63) is 0 Å². The molecule has 1 unspecified atom stereocenters. The minimum Gasteiger partial charge on any atom is -0.480 e. The highest BCUT2D eigenvalue weighted by Gasteiger charge is 2.51. The number of hydrogen-bond acceptors (Lipinski definition) is 4. The first-order chi connectivity index (χ1) is 8.03. The lowest BCUT2D eigenvalue weighted by molar-refractivity contribution is -0.150. The number of methoxy groups -OCH3 is 1. The van der Waals surface area contributed by atoms with Gasteiger partial charge in [-0.3, -0.25) is 10.1 Å².